The SMILES string of the molecule is O=C(O)C1CN(c2nc(-c3ccccc3)nc3c2CCC3)CCN1. The summed E-state index contributed by atoms with van der Waals surface area (Å²) in [6.45, 7) is 1.85. The van der Waals surface area contributed by atoms with E-state index in [2.05, 4.69) is 10.2 Å². The number of rotatable bonds is 3. The van der Waals surface area contributed by atoms with Crippen LogP contribution in [-0.4, -0.2) is 46.7 Å². The van der Waals surface area contributed by atoms with E-state index >= 15 is 0 Å². The van der Waals surface area contributed by atoms with E-state index in [9.17, 15) is 9.90 Å². The molecule has 0 radical (unpaired) electrons. The van der Waals surface area contributed by atoms with E-state index in [1.165, 1.54) is 5.56 Å². The van der Waals surface area contributed by atoms with E-state index < -0.39 is 12.0 Å². The van der Waals surface area contributed by atoms with Gasteiger partial charge in [0, 0.05) is 36.5 Å². The summed E-state index contributed by atoms with van der Waals surface area (Å²) in [5.74, 6) is 0.842. The van der Waals surface area contributed by atoms with Crippen molar-refractivity contribution in [3.8, 4) is 11.4 Å². The van der Waals surface area contributed by atoms with Crippen LogP contribution in [-0.2, 0) is 17.6 Å². The number of hydrogen-bond donors (Lipinski definition) is 2. The number of carboxylic acid groups (broad SMARTS) is 1. The van der Waals surface area contributed by atoms with E-state index in [0.717, 1.165) is 48.7 Å². The van der Waals surface area contributed by atoms with Crippen molar-refractivity contribution in [2.24, 2.45) is 0 Å². The van der Waals surface area contributed by atoms with Gasteiger partial charge in [0.1, 0.15) is 11.9 Å². The fraction of sp³-hybridized carbons (Fsp3) is 0.389. The van der Waals surface area contributed by atoms with Gasteiger partial charge in [-0.2, -0.15) is 0 Å². The van der Waals surface area contributed by atoms with Gasteiger partial charge in [0.2, 0.25) is 0 Å². The molecule has 1 atom stereocenters. The number of aryl methyl sites for hydroxylation is 1. The average Bonchev–Trinajstić information content (AvgIpc) is 3.10. The minimum absolute atomic E-state index is 0.438. The van der Waals surface area contributed by atoms with Gasteiger partial charge in [-0.25, -0.2) is 9.97 Å². The fourth-order valence-electron chi connectivity index (χ4n) is 3.50. The zero-order valence-electron chi connectivity index (χ0n) is 13.4. The molecule has 124 valence electrons. The van der Waals surface area contributed by atoms with E-state index in [0.29, 0.717) is 13.1 Å². The summed E-state index contributed by atoms with van der Waals surface area (Å²) in [6.07, 6.45) is 3.03. The van der Waals surface area contributed by atoms with E-state index in [1.54, 1.807) is 0 Å². The molecule has 1 unspecified atom stereocenters. The summed E-state index contributed by atoms with van der Waals surface area (Å²) in [5.41, 5.74) is 3.31. The second-order valence-electron chi connectivity index (χ2n) is 6.31. The van der Waals surface area contributed by atoms with Crippen LogP contribution < -0.4 is 10.2 Å². The number of anilines is 1. The van der Waals surface area contributed by atoms with Gasteiger partial charge < -0.3 is 15.3 Å². The van der Waals surface area contributed by atoms with Crippen LogP contribution in [0.1, 0.15) is 17.7 Å². The number of nitrogens with zero attached hydrogens (tertiary/aromatic N) is 3. The summed E-state index contributed by atoms with van der Waals surface area (Å²) in [7, 11) is 0. The summed E-state index contributed by atoms with van der Waals surface area (Å²) < 4.78 is 0. The number of carbonyl (C=O) groups is 1. The number of benzene rings is 1. The first-order valence-corrected chi connectivity index (χ1v) is 8.39. The Kier molecular flexibility index (Phi) is 3.90. The third kappa shape index (κ3) is 2.73. The summed E-state index contributed by atoms with van der Waals surface area (Å²) >= 11 is 0. The van der Waals surface area contributed by atoms with Crippen molar-refractivity contribution in [2.75, 3.05) is 24.5 Å². The van der Waals surface area contributed by atoms with Crippen molar-refractivity contribution in [2.45, 2.75) is 25.3 Å². The number of hydrogen-bond acceptors (Lipinski definition) is 5. The molecule has 2 aliphatic rings. The van der Waals surface area contributed by atoms with Crippen molar-refractivity contribution in [3.63, 3.8) is 0 Å². The lowest BCUT2D eigenvalue weighted by atomic mass is 10.1. The summed E-state index contributed by atoms with van der Waals surface area (Å²) in [5, 5.41) is 12.4. The molecule has 1 aliphatic heterocycles. The van der Waals surface area contributed by atoms with Gasteiger partial charge in [-0.05, 0) is 19.3 Å². The molecule has 0 spiro atoms. The quantitative estimate of drug-likeness (QED) is 0.891. The largest absolute Gasteiger partial charge is 0.480 e. The Bertz CT molecular complexity index is 763. The fourth-order valence-corrected chi connectivity index (χ4v) is 3.50. The second-order valence-corrected chi connectivity index (χ2v) is 6.31. The molecule has 4 rings (SSSR count). The average molecular weight is 324 g/mol. The number of piperazine rings is 1. The van der Waals surface area contributed by atoms with E-state index in [-0.39, 0.29) is 0 Å². The molecular weight excluding hydrogens is 304 g/mol. The number of carboxylic acids is 1. The highest BCUT2D eigenvalue weighted by atomic mass is 16.4. The maximum atomic E-state index is 11.3. The second kappa shape index (κ2) is 6.20. The van der Waals surface area contributed by atoms with Crippen LogP contribution in [0.25, 0.3) is 11.4 Å². The number of aliphatic carboxylic acids is 1. The number of nitrogens with one attached hydrogen (secondary N) is 1. The standard InChI is InChI=1S/C18H20N4O2/c23-18(24)15-11-22(10-9-19-15)17-13-7-4-8-14(13)20-16(21-17)12-5-2-1-3-6-12/h1-3,5-6,15,19H,4,7-11H2,(H,23,24). The van der Waals surface area contributed by atoms with Crippen molar-refractivity contribution in [1.82, 2.24) is 15.3 Å². The normalized spacial score (nSPS) is 20.0. The highest BCUT2D eigenvalue weighted by molar-refractivity contribution is 5.75. The Morgan fingerprint density at radius 1 is 1.21 bits per heavy atom. The van der Waals surface area contributed by atoms with Crippen LogP contribution in [0.15, 0.2) is 30.3 Å². The Morgan fingerprint density at radius 2 is 2.04 bits per heavy atom. The summed E-state index contributed by atoms with van der Waals surface area (Å²) in [6, 6.07) is 9.42. The Balaban J connectivity index is 1.74. The molecule has 0 amide bonds. The van der Waals surface area contributed by atoms with Crippen LogP contribution in [0.4, 0.5) is 5.82 Å². The van der Waals surface area contributed by atoms with E-state index in [4.69, 9.17) is 9.97 Å². The first-order valence-electron chi connectivity index (χ1n) is 8.39. The van der Waals surface area contributed by atoms with Gasteiger partial charge >= 0.3 is 5.97 Å². The molecule has 6 heteroatoms. The van der Waals surface area contributed by atoms with Crippen LogP contribution in [0, 0.1) is 0 Å². The zero-order valence-corrected chi connectivity index (χ0v) is 13.4. The highest BCUT2D eigenvalue weighted by Gasteiger charge is 2.29. The van der Waals surface area contributed by atoms with Gasteiger partial charge in [-0.3, -0.25) is 4.79 Å². The molecule has 6 nitrogen and oxygen atoms in total. The van der Waals surface area contributed by atoms with Crippen LogP contribution in [0.5, 0.6) is 0 Å². The Morgan fingerprint density at radius 3 is 2.83 bits per heavy atom. The van der Waals surface area contributed by atoms with Gasteiger partial charge in [0.05, 0.1) is 0 Å². The summed E-state index contributed by atoms with van der Waals surface area (Å²) in [4.78, 5) is 23.0. The molecule has 1 aromatic heterocycles. The maximum absolute atomic E-state index is 11.3. The molecule has 1 aliphatic carbocycles. The number of fused-ring (bicyclic) bond motifs is 1. The molecular formula is C18H20N4O2. The Labute approximate surface area is 140 Å². The topological polar surface area (TPSA) is 78.3 Å². The van der Waals surface area contributed by atoms with Crippen LogP contribution >= 0.6 is 0 Å². The predicted octanol–water partition coefficient (Wildman–Crippen LogP) is 1.50. The first-order chi connectivity index (χ1) is 11.7. The molecule has 2 N–H and O–H groups in total. The lowest BCUT2D eigenvalue weighted by Crippen LogP contribution is -2.54. The van der Waals surface area contributed by atoms with Crippen molar-refractivity contribution < 1.29 is 9.90 Å². The Hall–Kier alpha value is -2.47. The molecule has 24 heavy (non-hydrogen) atoms. The van der Waals surface area contributed by atoms with Gasteiger partial charge in [0.15, 0.2) is 5.82 Å². The monoisotopic (exact) mass is 324 g/mol. The lowest BCUT2D eigenvalue weighted by Gasteiger charge is -2.33. The lowest BCUT2D eigenvalue weighted by molar-refractivity contribution is -0.139. The van der Waals surface area contributed by atoms with E-state index in [1.807, 2.05) is 30.3 Å². The molecule has 2 heterocycles. The first kappa shape index (κ1) is 15.1. The minimum atomic E-state index is -0.811. The number of aromatic nitrogens is 2. The van der Waals surface area contributed by atoms with Gasteiger partial charge in [-0.15, -0.1) is 0 Å². The van der Waals surface area contributed by atoms with Crippen LogP contribution in [0.2, 0.25) is 0 Å². The molecule has 1 fully saturated rings. The molecule has 1 aromatic carbocycles. The van der Waals surface area contributed by atoms with Crippen molar-refractivity contribution in [3.05, 3.63) is 41.6 Å². The van der Waals surface area contributed by atoms with Gasteiger partial charge in [0.25, 0.3) is 0 Å². The predicted molar refractivity (Wildman–Crippen MR) is 91.1 cm³/mol. The smallest absolute Gasteiger partial charge is 0.322 e. The van der Waals surface area contributed by atoms with Crippen LogP contribution in [0.3, 0.4) is 0 Å². The highest BCUT2D eigenvalue weighted by Crippen LogP contribution is 2.31. The third-order valence-corrected chi connectivity index (χ3v) is 4.72. The molecule has 0 bridgehead atoms. The van der Waals surface area contributed by atoms with Gasteiger partial charge in [-0.1, -0.05) is 30.3 Å². The minimum Gasteiger partial charge on any atom is -0.480 e. The third-order valence-electron chi connectivity index (χ3n) is 4.72. The zero-order chi connectivity index (χ0) is 16.5. The molecule has 0 saturated carbocycles. The molecule has 2 aromatic rings. The van der Waals surface area contributed by atoms with Crippen molar-refractivity contribution in [1.29, 1.82) is 0 Å². The maximum Gasteiger partial charge on any atom is 0.322 e. The molecule has 1 saturated heterocycles. The van der Waals surface area contributed by atoms with Crippen molar-refractivity contribution >= 4 is 11.8 Å².